The van der Waals surface area contributed by atoms with E-state index in [1.165, 1.54) is 19.2 Å². The van der Waals surface area contributed by atoms with Crippen molar-refractivity contribution in [2.24, 2.45) is 0 Å². The van der Waals surface area contributed by atoms with E-state index in [1.54, 1.807) is 18.2 Å². The standard InChI is InChI=1S/C15H12Cl3FO2/c1-20-14-6-11(17)5-10(7-16)15(14)21-8-9-2-3-12(18)13(19)4-9/h2-6H,7-8H2,1H3. The molecule has 2 aromatic rings. The van der Waals surface area contributed by atoms with Gasteiger partial charge in [0.2, 0.25) is 0 Å². The molecule has 0 radical (unpaired) electrons. The Morgan fingerprint density at radius 2 is 1.90 bits per heavy atom. The van der Waals surface area contributed by atoms with Crippen LogP contribution in [0.25, 0.3) is 0 Å². The highest BCUT2D eigenvalue weighted by Crippen LogP contribution is 2.36. The molecule has 112 valence electrons. The van der Waals surface area contributed by atoms with Crippen molar-refractivity contribution in [1.29, 1.82) is 0 Å². The molecule has 0 aliphatic rings. The lowest BCUT2D eigenvalue weighted by atomic mass is 10.2. The van der Waals surface area contributed by atoms with E-state index in [9.17, 15) is 4.39 Å². The average Bonchev–Trinajstić information content (AvgIpc) is 2.48. The third kappa shape index (κ3) is 3.94. The highest BCUT2D eigenvalue weighted by Gasteiger charge is 2.13. The van der Waals surface area contributed by atoms with Crippen molar-refractivity contribution in [3.63, 3.8) is 0 Å². The van der Waals surface area contributed by atoms with Crippen LogP contribution in [0.4, 0.5) is 4.39 Å². The van der Waals surface area contributed by atoms with Gasteiger partial charge in [0, 0.05) is 16.7 Å². The molecule has 0 atom stereocenters. The first kappa shape index (κ1) is 16.2. The van der Waals surface area contributed by atoms with Gasteiger partial charge in [-0.2, -0.15) is 0 Å². The lowest BCUT2D eigenvalue weighted by Crippen LogP contribution is -2.01. The van der Waals surface area contributed by atoms with Gasteiger partial charge < -0.3 is 9.47 Å². The predicted molar refractivity (Wildman–Crippen MR) is 83.3 cm³/mol. The number of benzene rings is 2. The fourth-order valence-electron chi connectivity index (χ4n) is 1.82. The molecule has 0 bridgehead atoms. The molecule has 21 heavy (non-hydrogen) atoms. The van der Waals surface area contributed by atoms with Crippen LogP contribution in [0.2, 0.25) is 10.0 Å². The van der Waals surface area contributed by atoms with Gasteiger partial charge in [0.25, 0.3) is 0 Å². The Morgan fingerprint density at radius 1 is 1.14 bits per heavy atom. The van der Waals surface area contributed by atoms with E-state index in [4.69, 9.17) is 44.3 Å². The first-order chi connectivity index (χ1) is 10.0. The van der Waals surface area contributed by atoms with Gasteiger partial charge >= 0.3 is 0 Å². The largest absolute Gasteiger partial charge is 0.493 e. The van der Waals surface area contributed by atoms with Crippen LogP contribution in [0.3, 0.4) is 0 Å². The van der Waals surface area contributed by atoms with E-state index in [2.05, 4.69) is 0 Å². The molecule has 6 heteroatoms. The summed E-state index contributed by atoms with van der Waals surface area (Å²) in [5, 5.41) is 0.580. The second-order valence-electron chi connectivity index (χ2n) is 4.27. The van der Waals surface area contributed by atoms with Crippen molar-refractivity contribution in [3.8, 4) is 11.5 Å². The Balaban J connectivity index is 2.24. The average molecular weight is 350 g/mol. The lowest BCUT2D eigenvalue weighted by molar-refractivity contribution is 0.282. The van der Waals surface area contributed by atoms with E-state index in [1.807, 2.05) is 0 Å². The number of hydrogen-bond donors (Lipinski definition) is 0. The Morgan fingerprint density at radius 3 is 2.52 bits per heavy atom. The SMILES string of the molecule is COc1cc(Cl)cc(CCl)c1OCc1ccc(Cl)c(F)c1. The predicted octanol–water partition coefficient (Wildman–Crippen LogP) is 5.46. The fraction of sp³-hybridized carbons (Fsp3) is 0.200. The summed E-state index contributed by atoms with van der Waals surface area (Å²) < 4.78 is 24.3. The number of hydrogen-bond acceptors (Lipinski definition) is 2. The van der Waals surface area contributed by atoms with Gasteiger partial charge in [0.15, 0.2) is 11.5 Å². The quantitative estimate of drug-likeness (QED) is 0.667. The summed E-state index contributed by atoms with van der Waals surface area (Å²) in [6, 6.07) is 7.83. The van der Waals surface area contributed by atoms with Crippen LogP contribution in [0, 0.1) is 5.82 Å². The minimum Gasteiger partial charge on any atom is -0.493 e. The van der Waals surface area contributed by atoms with Gasteiger partial charge in [-0.1, -0.05) is 29.3 Å². The maximum Gasteiger partial charge on any atom is 0.166 e. The van der Waals surface area contributed by atoms with Gasteiger partial charge in [-0.15, -0.1) is 11.6 Å². The van der Waals surface area contributed by atoms with Crippen LogP contribution in [-0.2, 0) is 12.5 Å². The molecule has 2 rings (SSSR count). The molecule has 0 saturated heterocycles. The maximum atomic E-state index is 13.4. The molecule has 0 aliphatic heterocycles. The third-order valence-corrected chi connectivity index (χ3v) is 3.64. The van der Waals surface area contributed by atoms with Crippen LogP contribution in [-0.4, -0.2) is 7.11 Å². The molecular weight excluding hydrogens is 338 g/mol. The van der Waals surface area contributed by atoms with Gasteiger partial charge in [0.1, 0.15) is 12.4 Å². The Labute approximate surface area is 137 Å². The van der Waals surface area contributed by atoms with Crippen LogP contribution >= 0.6 is 34.8 Å². The molecule has 2 nitrogen and oxygen atoms in total. The first-order valence-corrected chi connectivity index (χ1v) is 7.33. The molecule has 0 saturated carbocycles. The number of methoxy groups -OCH3 is 1. The highest BCUT2D eigenvalue weighted by molar-refractivity contribution is 6.31. The van der Waals surface area contributed by atoms with Crippen molar-refractivity contribution >= 4 is 34.8 Å². The second kappa shape index (κ2) is 7.21. The van der Waals surface area contributed by atoms with E-state index < -0.39 is 5.82 Å². The minimum absolute atomic E-state index is 0.0734. The Hall–Kier alpha value is -1.16. The summed E-state index contributed by atoms with van der Waals surface area (Å²) in [5.74, 6) is 0.708. The number of alkyl halides is 1. The minimum atomic E-state index is -0.488. The van der Waals surface area contributed by atoms with Crippen LogP contribution in [0.5, 0.6) is 11.5 Å². The van der Waals surface area contributed by atoms with Crippen molar-refractivity contribution < 1.29 is 13.9 Å². The maximum absolute atomic E-state index is 13.4. The summed E-state index contributed by atoms with van der Waals surface area (Å²) in [4.78, 5) is 0. The Bertz CT molecular complexity index is 622. The normalized spacial score (nSPS) is 10.5. The molecule has 0 heterocycles. The summed E-state index contributed by atoms with van der Waals surface area (Å²) in [5.41, 5.74) is 1.35. The van der Waals surface area contributed by atoms with Crippen LogP contribution in [0.1, 0.15) is 11.1 Å². The number of halogens is 4. The van der Waals surface area contributed by atoms with E-state index in [0.29, 0.717) is 27.6 Å². The third-order valence-electron chi connectivity index (χ3n) is 2.83. The number of rotatable bonds is 5. The van der Waals surface area contributed by atoms with Gasteiger partial charge in [-0.3, -0.25) is 0 Å². The Kier molecular flexibility index (Phi) is 5.57. The van der Waals surface area contributed by atoms with Gasteiger partial charge in [0.05, 0.1) is 18.0 Å². The van der Waals surface area contributed by atoms with E-state index in [0.717, 1.165) is 0 Å². The molecule has 0 spiro atoms. The van der Waals surface area contributed by atoms with E-state index >= 15 is 0 Å². The molecule has 0 fully saturated rings. The van der Waals surface area contributed by atoms with E-state index in [-0.39, 0.29) is 17.5 Å². The first-order valence-electron chi connectivity index (χ1n) is 6.04. The topological polar surface area (TPSA) is 18.5 Å². The molecule has 0 aliphatic carbocycles. The number of ether oxygens (including phenoxy) is 2. The van der Waals surface area contributed by atoms with Crippen LogP contribution < -0.4 is 9.47 Å². The molecule has 2 aromatic carbocycles. The highest BCUT2D eigenvalue weighted by atomic mass is 35.5. The summed E-state index contributed by atoms with van der Waals surface area (Å²) >= 11 is 17.5. The smallest absolute Gasteiger partial charge is 0.166 e. The lowest BCUT2D eigenvalue weighted by Gasteiger charge is -2.15. The summed E-state index contributed by atoms with van der Waals surface area (Å²) in [6.45, 7) is 0.163. The monoisotopic (exact) mass is 348 g/mol. The zero-order valence-electron chi connectivity index (χ0n) is 11.1. The van der Waals surface area contributed by atoms with Gasteiger partial charge in [-0.25, -0.2) is 4.39 Å². The summed E-state index contributed by atoms with van der Waals surface area (Å²) in [7, 11) is 1.51. The van der Waals surface area contributed by atoms with Gasteiger partial charge in [-0.05, 0) is 23.8 Å². The molecule has 0 N–H and O–H groups in total. The van der Waals surface area contributed by atoms with Crippen molar-refractivity contribution in [2.75, 3.05) is 7.11 Å². The molecular formula is C15H12Cl3FO2. The molecule has 0 amide bonds. The fourth-order valence-corrected chi connectivity index (χ4v) is 2.37. The molecule has 0 aromatic heterocycles. The van der Waals surface area contributed by atoms with Crippen molar-refractivity contribution in [3.05, 3.63) is 57.3 Å². The zero-order valence-corrected chi connectivity index (χ0v) is 13.4. The zero-order chi connectivity index (χ0) is 15.4. The summed E-state index contributed by atoms with van der Waals surface area (Å²) in [6.07, 6.45) is 0. The van der Waals surface area contributed by atoms with Crippen molar-refractivity contribution in [2.45, 2.75) is 12.5 Å². The molecule has 0 unspecified atom stereocenters. The van der Waals surface area contributed by atoms with Crippen molar-refractivity contribution in [1.82, 2.24) is 0 Å². The van der Waals surface area contributed by atoms with Crippen LogP contribution in [0.15, 0.2) is 30.3 Å². The second-order valence-corrected chi connectivity index (χ2v) is 5.38.